The van der Waals surface area contributed by atoms with Gasteiger partial charge in [-0.15, -0.1) is 11.3 Å². The lowest BCUT2D eigenvalue weighted by Gasteiger charge is -2.29. The molecule has 0 saturated carbocycles. The number of amides is 1. The molecule has 1 amide bonds. The molecule has 0 saturated heterocycles. The van der Waals surface area contributed by atoms with E-state index in [4.69, 9.17) is 4.98 Å². The molecule has 2 heterocycles. The van der Waals surface area contributed by atoms with Gasteiger partial charge in [0.25, 0.3) is 5.56 Å². The molecule has 5 rings (SSSR count). The van der Waals surface area contributed by atoms with Crippen LogP contribution in [0.3, 0.4) is 0 Å². The van der Waals surface area contributed by atoms with Gasteiger partial charge in [-0.25, -0.2) is 9.97 Å². The zero-order valence-corrected chi connectivity index (χ0v) is 17.9. The Kier molecular flexibility index (Phi) is 5.11. The van der Waals surface area contributed by atoms with E-state index in [0.29, 0.717) is 23.1 Å². The second-order valence-electron chi connectivity index (χ2n) is 7.90. The fourth-order valence-corrected chi connectivity index (χ4v) is 5.35. The fraction of sp³-hybridized carbons (Fsp3) is 0.250. The van der Waals surface area contributed by atoms with Crippen molar-refractivity contribution < 1.29 is 4.79 Å². The van der Waals surface area contributed by atoms with Gasteiger partial charge >= 0.3 is 0 Å². The highest BCUT2D eigenvalue weighted by molar-refractivity contribution is 7.18. The molecule has 6 nitrogen and oxygen atoms in total. The van der Waals surface area contributed by atoms with Crippen molar-refractivity contribution in [3.63, 3.8) is 0 Å². The van der Waals surface area contributed by atoms with Crippen molar-refractivity contribution in [1.29, 1.82) is 0 Å². The number of carbonyl (C=O) groups is 1. The van der Waals surface area contributed by atoms with Crippen LogP contribution in [-0.4, -0.2) is 32.8 Å². The molecule has 1 aliphatic rings. The normalized spacial score (nSPS) is 18.5. The lowest BCUT2D eigenvalue weighted by atomic mass is 9.82. The minimum absolute atomic E-state index is 0.0458. The van der Waals surface area contributed by atoms with Gasteiger partial charge in [-0.05, 0) is 37.1 Å². The highest BCUT2D eigenvalue weighted by Crippen LogP contribution is 2.39. The number of H-pyrrole nitrogens is 1. The number of aromatic nitrogens is 3. The summed E-state index contributed by atoms with van der Waals surface area (Å²) in [5.41, 5.74) is 1.43. The zero-order chi connectivity index (χ0) is 21.4. The van der Waals surface area contributed by atoms with E-state index in [-0.39, 0.29) is 29.8 Å². The third-order valence-corrected chi connectivity index (χ3v) is 6.97. The number of thiazole rings is 1. The number of allylic oxidation sites excluding steroid dienone is 2. The van der Waals surface area contributed by atoms with Gasteiger partial charge < -0.3 is 9.88 Å². The Balaban J connectivity index is 1.40. The summed E-state index contributed by atoms with van der Waals surface area (Å²) in [7, 11) is 1.77. The smallest absolute Gasteiger partial charge is 0.258 e. The highest BCUT2D eigenvalue weighted by Gasteiger charge is 2.34. The summed E-state index contributed by atoms with van der Waals surface area (Å²) in [5.74, 6) is 0.413. The van der Waals surface area contributed by atoms with E-state index in [0.717, 1.165) is 21.6 Å². The molecule has 7 heteroatoms. The molecular formula is C24H22N4O2S. The van der Waals surface area contributed by atoms with E-state index in [1.807, 2.05) is 36.4 Å². The minimum Gasteiger partial charge on any atom is -0.338 e. The molecule has 0 aliphatic heterocycles. The summed E-state index contributed by atoms with van der Waals surface area (Å²) >= 11 is 1.67. The van der Waals surface area contributed by atoms with Crippen LogP contribution in [0.4, 0.5) is 0 Å². The topological polar surface area (TPSA) is 79.0 Å². The second-order valence-corrected chi connectivity index (χ2v) is 8.96. The summed E-state index contributed by atoms with van der Waals surface area (Å²) in [6.45, 7) is 0.256. The monoisotopic (exact) mass is 430 g/mol. The van der Waals surface area contributed by atoms with E-state index < -0.39 is 0 Å². The van der Waals surface area contributed by atoms with Crippen LogP contribution in [0.25, 0.3) is 21.1 Å². The van der Waals surface area contributed by atoms with Crippen molar-refractivity contribution in [2.45, 2.75) is 25.3 Å². The van der Waals surface area contributed by atoms with Crippen LogP contribution in [0.15, 0.2) is 65.5 Å². The number of nitrogens with zero attached hydrogens (tertiary/aromatic N) is 3. The Morgan fingerprint density at radius 3 is 2.65 bits per heavy atom. The SMILES string of the molecule is CN(Cc1nc2ccccc2c(=O)[nH]1)C(=O)C1CC=CCC1c1nc2ccccc2s1. The first kappa shape index (κ1) is 19.6. The van der Waals surface area contributed by atoms with Gasteiger partial charge in [0, 0.05) is 13.0 Å². The van der Waals surface area contributed by atoms with E-state index in [2.05, 4.69) is 28.2 Å². The molecule has 0 radical (unpaired) electrons. The van der Waals surface area contributed by atoms with Crippen LogP contribution in [0.5, 0.6) is 0 Å². The summed E-state index contributed by atoms with van der Waals surface area (Å²) in [5, 5.41) is 1.56. The van der Waals surface area contributed by atoms with Crippen molar-refractivity contribution in [2.75, 3.05) is 7.05 Å². The largest absolute Gasteiger partial charge is 0.338 e. The predicted molar refractivity (Wildman–Crippen MR) is 123 cm³/mol. The molecule has 156 valence electrons. The number of fused-ring (bicyclic) bond motifs is 2. The number of carbonyl (C=O) groups excluding carboxylic acids is 1. The summed E-state index contributed by atoms with van der Waals surface area (Å²) in [4.78, 5) is 39.6. The maximum atomic E-state index is 13.4. The third kappa shape index (κ3) is 3.77. The molecule has 0 fully saturated rings. The standard InChI is InChI=1S/C24H22N4O2S/c1-28(14-21-25-18-11-5-4-10-17(18)22(29)27-21)24(30)16-9-3-2-8-15(16)23-26-19-12-6-7-13-20(19)31-23/h2-7,10-13,15-16H,8-9,14H2,1H3,(H,25,27,29). The van der Waals surface area contributed by atoms with Crippen LogP contribution in [0.1, 0.15) is 29.6 Å². The van der Waals surface area contributed by atoms with Gasteiger partial charge in [-0.3, -0.25) is 9.59 Å². The number of benzene rings is 2. The molecule has 2 aromatic heterocycles. The molecule has 4 aromatic rings. The van der Waals surface area contributed by atoms with Crippen LogP contribution in [-0.2, 0) is 11.3 Å². The van der Waals surface area contributed by atoms with Crippen molar-refractivity contribution in [2.24, 2.45) is 5.92 Å². The quantitative estimate of drug-likeness (QED) is 0.491. The minimum atomic E-state index is -0.186. The van der Waals surface area contributed by atoms with Crippen LogP contribution < -0.4 is 5.56 Å². The number of hydrogen-bond acceptors (Lipinski definition) is 5. The molecule has 31 heavy (non-hydrogen) atoms. The first-order valence-electron chi connectivity index (χ1n) is 10.3. The number of aromatic amines is 1. The van der Waals surface area contributed by atoms with E-state index >= 15 is 0 Å². The number of nitrogens with one attached hydrogen (secondary N) is 1. The molecule has 1 aliphatic carbocycles. The lowest BCUT2D eigenvalue weighted by molar-refractivity contribution is -0.135. The fourth-order valence-electron chi connectivity index (χ4n) is 4.20. The van der Waals surface area contributed by atoms with Gasteiger partial charge in [0.2, 0.25) is 5.91 Å². The number of hydrogen-bond donors (Lipinski definition) is 1. The third-order valence-electron chi connectivity index (χ3n) is 5.80. The maximum Gasteiger partial charge on any atom is 0.258 e. The molecule has 2 atom stereocenters. The summed E-state index contributed by atoms with van der Waals surface area (Å²) in [6.07, 6.45) is 5.71. The lowest BCUT2D eigenvalue weighted by Crippen LogP contribution is -2.37. The van der Waals surface area contributed by atoms with Crippen LogP contribution in [0.2, 0.25) is 0 Å². The Labute approximate surface area is 183 Å². The predicted octanol–water partition coefficient (Wildman–Crippen LogP) is 4.24. The highest BCUT2D eigenvalue weighted by atomic mass is 32.1. The second kappa shape index (κ2) is 8.07. The first-order valence-corrected chi connectivity index (χ1v) is 11.1. The van der Waals surface area contributed by atoms with E-state index in [1.54, 1.807) is 29.4 Å². The maximum absolute atomic E-state index is 13.4. The van der Waals surface area contributed by atoms with Crippen molar-refractivity contribution >= 4 is 38.4 Å². The summed E-state index contributed by atoms with van der Waals surface area (Å²) < 4.78 is 1.14. The van der Waals surface area contributed by atoms with Gasteiger partial charge in [0.1, 0.15) is 5.82 Å². The average Bonchev–Trinajstić information content (AvgIpc) is 3.23. The zero-order valence-electron chi connectivity index (χ0n) is 17.1. The molecule has 0 bridgehead atoms. The molecule has 2 unspecified atom stereocenters. The number of rotatable bonds is 4. The van der Waals surface area contributed by atoms with Gasteiger partial charge in [-0.1, -0.05) is 36.4 Å². The summed E-state index contributed by atoms with van der Waals surface area (Å²) in [6, 6.07) is 15.3. The Hall–Kier alpha value is -3.32. The van der Waals surface area contributed by atoms with Crippen molar-refractivity contribution in [1.82, 2.24) is 19.9 Å². The van der Waals surface area contributed by atoms with Crippen molar-refractivity contribution in [3.8, 4) is 0 Å². The van der Waals surface area contributed by atoms with Gasteiger partial charge in [-0.2, -0.15) is 0 Å². The Bertz CT molecular complexity index is 1320. The Morgan fingerprint density at radius 1 is 1.06 bits per heavy atom. The van der Waals surface area contributed by atoms with E-state index in [1.165, 1.54) is 0 Å². The van der Waals surface area contributed by atoms with Crippen molar-refractivity contribution in [3.05, 3.63) is 81.9 Å². The molecule has 2 aromatic carbocycles. The van der Waals surface area contributed by atoms with Crippen LogP contribution >= 0.6 is 11.3 Å². The van der Waals surface area contributed by atoms with Gasteiger partial charge in [0.15, 0.2) is 0 Å². The van der Waals surface area contributed by atoms with E-state index in [9.17, 15) is 9.59 Å². The van der Waals surface area contributed by atoms with Crippen LogP contribution in [0, 0.1) is 5.92 Å². The Morgan fingerprint density at radius 2 is 1.81 bits per heavy atom. The number of para-hydroxylation sites is 2. The van der Waals surface area contributed by atoms with Gasteiger partial charge in [0.05, 0.1) is 38.6 Å². The first-order chi connectivity index (χ1) is 15.1. The molecule has 0 spiro atoms. The average molecular weight is 431 g/mol. The molecule has 1 N–H and O–H groups in total. The molecular weight excluding hydrogens is 408 g/mol.